The zero-order valence-corrected chi connectivity index (χ0v) is 13.0. The fourth-order valence-electron chi connectivity index (χ4n) is 1.86. The Bertz CT molecular complexity index is 487. The van der Waals surface area contributed by atoms with Crippen LogP contribution in [0.2, 0.25) is 0 Å². The van der Waals surface area contributed by atoms with Crippen molar-refractivity contribution in [2.24, 2.45) is 5.41 Å². The van der Waals surface area contributed by atoms with E-state index < -0.39 is 4.92 Å². The summed E-state index contributed by atoms with van der Waals surface area (Å²) in [5.41, 5.74) is 0.541. The summed E-state index contributed by atoms with van der Waals surface area (Å²) in [6.45, 7) is 8.52. The molecule has 0 atom stereocenters. The van der Waals surface area contributed by atoms with E-state index in [1.54, 1.807) is 6.07 Å². The molecule has 0 aliphatic carbocycles. The number of nitrogens with zero attached hydrogens (tertiary/aromatic N) is 1. The number of hydrogen-bond acceptors (Lipinski definition) is 5. The molecular weight excluding hydrogens is 272 g/mol. The van der Waals surface area contributed by atoms with E-state index in [4.69, 9.17) is 9.84 Å². The molecule has 0 aliphatic rings. The third kappa shape index (κ3) is 5.99. The van der Waals surface area contributed by atoms with Crippen LogP contribution in [-0.2, 0) is 0 Å². The Labute approximate surface area is 125 Å². The summed E-state index contributed by atoms with van der Waals surface area (Å²) >= 11 is 0. The van der Waals surface area contributed by atoms with E-state index in [0.717, 1.165) is 0 Å². The summed E-state index contributed by atoms with van der Waals surface area (Å²) in [6, 6.07) is 4.66. The molecule has 6 nitrogen and oxygen atoms in total. The number of non-ortho nitro benzene ring substituents is 1. The molecule has 0 bridgehead atoms. The Kier molecular flexibility index (Phi) is 5.96. The normalized spacial score (nSPS) is 11.5. The lowest BCUT2D eigenvalue weighted by Crippen LogP contribution is -2.24. The maximum absolute atomic E-state index is 11.0. The van der Waals surface area contributed by atoms with Crippen molar-refractivity contribution >= 4 is 11.4 Å². The zero-order valence-electron chi connectivity index (χ0n) is 13.0. The smallest absolute Gasteiger partial charge is 0.275 e. The van der Waals surface area contributed by atoms with Crippen molar-refractivity contribution in [3.63, 3.8) is 0 Å². The molecule has 0 unspecified atom stereocenters. The Morgan fingerprint density at radius 3 is 2.57 bits per heavy atom. The van der Waals surface area contributed by atoms with Gasteiger partial charge in [-0.05, 0) is 25.7 Å². The Balaban J connectivity index is 2.90. The van der Waals surface area contributed by atoms with Crippen LogP contribution in [0.5, 0.6) is 5.75 Å². The van der Waals surface area contributed by atoms with E-state index >= 15 is 0 Å². The average Bonchev–Trinajstić information content (AvgIpc) is 2.35. The van der Waals surface area contributed by atoms with Gasteiger partial charge >= 0.3 is 0 Å². The fourth-order valence-corrected chi connectivity index (χ4v) is 1.86. The summed E-state index contributed by atoms with van der Waals surface area (Å²) in [7, 11) is 0. The first-order valence-corrected chi connectivity index (χ1v) is 7.04. The van der Waals surface area contributed by atoms with E-state index in [0.29, 0.717) is 24.4 Å². The minimum absolute atomic E-state index is 0.00406. The number of hydrogen-bond donors (Lipinski definition) is 2. The number of anilines is 1. The Morgan fingerprint density at radius 1 is 1.38 bits per heavy atom. The van der Waals surface area contributed by atoms with Crippen molar-refractivity contribution in [1.29, 1.82) is 0 Å². The van der Waals surface area contributed by atoms with Crippen LogP contribution >= 0.6 is 0 Å². The summed E-state index contributed by atoms with van der Waals surface area (Å²) in [5.74, 6) is 0.474. The molecule has 0 aliphatic heterocycles. The molecule has 1 aromatic rings. The molecule has 0 fully saturated rings. The highest BCUT2D eigenvalue weighted by Gasteiger charge is 2.18. The van der Waals surface area contributed by atoms with Crippen LogP contribution in [0.15, 0.2) is 18.2 Å². The summed E-state index contributed by atoms with van der Waals surface area (Å²) in [5, 5.41) is 23.2. The lowest BCUT2D eigenvalue weighted by atomic mass is 9.89. The second-order valence-corrected chi connectivity index (χ2v) is 6.13. The molecule has 21 heavy (non-hydrogen) atoms. The molecule has 0 heterocycles. The van der Waals surface area contributed by atoms with Crippen molar-refractivity contribution in [2.75, 3.05) is 18.5 Å². The number of aliphatic hydroxyl groups excluding tert-OH is 1. The van der Waals surface area contributed by atoms with E-state index in [9.17, 15) is 10.1 Å². The minimum Gasteiger partial charge on any atom is -0.491 e. The highest BCUT2D eigenvalue weighted by atomic mass is 16.6. The first-order valence-electron chi connectivity index (χ1n) is 7.04. The SMILES string of the molecule is CC(C)Oc1cc(NCC(C)(C)CCO)cc([N+](=O)[O-])c1. The van der Waals surface area contributed by atoms with Crippen molar-refractivity contribution in [3.8, 4) is 5.75 Å². The Morgan fingerprint density at radius 2 is 2.05 bits per heavy atom. The monoisotopic (exact) mass is 296 g/mol. The molecule has 118 valence electrons. The number of ether oxygens (including phenoxy) is 1. The number of aliphatic hydroxyl groups is 1. The van der Waals surface area contributed by atoms with Crippen LogP contribution in [0, 0.1) is 15.5 Å². The van der Waals surface area contributed by atoms with Crippen molar-refractivity contribution in [2.45, 2.75) is 40.2 Å². The topological polar surface area (TPSA) is 84.6 Å². The number of benzene rings is 1. The highest BCUT2D eigenvalue weighted by Crippen LogP contribution is 2.28. The first kappa shape index (κ1) is 17.2. The van der Waals surface area contributed by atoms with Crippen molar-refractivity contribution in [1.82, 2.24) is 0 Å². The number of rotatable bonds is 8. The molecule has 0 saturated carbocycles. The maximum atomic E-state index is 11.0. The van der Waals surface area contributed by atoms with Gasteiger partial charge in [-0.3, -0.25) is 10.1 Å². The average molecular weight is 296 g/mol. The van der Waals surface area contributed by atoms with Gasteiger partial charge in [0.1, 0.15) is 5.75 Å². The van der Waals surface area contributed by atoms with Crippen molar-refractivity contribution in [3.05, 3.63) is 28.3 Å². The van der Waals surface area contributed by atoms with E-state index in [-0.39, 0.29) is 23.8 Å². The lowest BCUT2D eigenvalue weighted by Gasteiger charge is -2.24. The molecular formula is C15H24N2O4. The largest absolute Gasteiger partial charge is 0.491 e. The zero-order chi connectivity index (χ0) is 16.0. The number of nitro groups is 1. The molecule has 2 N–H and O–H groups in total. The summed E-state index contributed by atoms with van der Waals surface area (Å²) in [4.78, 5) is 10.6. The van der Waals surface area contributed by atoms with Gasteiger partial charge in [0.05, 0.1) is 17.1 Å². The predicted octanol–water partition coefficient (Wildman–Crippen LogP) is 3.20. The molecule has 0 aromatic heterocycles. The van der Waals surface area contributed by atoms with Gasteiger partial charge in [0, 0.05) is 31.0 Å². The molecule has 1 rings (SSSR count). The lowest BCUT2D eigenvalue weighted by molar-refractivity contribution is -0.384. The van der Waals surface area contributed by atoms with Crippen molar-refractivity contribution < 1.29 is 14.8 Å². The second-order valence-electron chi connectivity index (χ2n) is 6.13. The Hall–Kier alpha value is -1.82. The van der Waals surface area contributed by atoms with Crippen LogP contribution in [0.4, 0.5) is 11.4 Å². The molecule has 0 radical (unpaired) electrons. The van der Waals surface area contributed by atoms with Gasteiger partial charge in [-0.15, -0.1) is 0 Å². The van der Waals surface area contributed by atoms with Gasteiger partial charge in [0.2, 0.25) is 0 Å². The van der Waals surface area contributed by atoms with Crippen LogP contribution < -0.4 is 10.1 Å². The van der Waals surface area contributed by atoms with Gasteiger partial charge in [0.15, 0.2) is 0 Å². The molecule has 0 spiro atoms. The van der Waals surface area contributed by atoms with Crippen LogP contribution in [0.3, 0.4) is 0 Å². The third-order valence-electron chi connectivity index (χ3n) is 3.03. The minimum atomic E-state index is -0.433. The van der Waals surface area contributed by atoms with Gasteiger partial charge in [0.25, 0.3) is 5.69 Å². The molecule has 1 aromatic carbocycles. The standard InChI is InChI=1S/C15H24N2O4/c1-11(2)21-14-8-12(7-13(9-14)17(19)20)16-10-15(3,4)5-6-18/h7-9,11,16,18H,5-6,10H2,1-4H3. The molecule has 6 heteroatoms. The maximum Gasteiger partial charge on any atom is 0.275 e. The predicted molar refractivity (Wildman–Crippen MR) is 82.8 cm³/mol. The number of nitro benzene ring substituents is 1. The molecule has 0 amide bonds. The van der Waals surface area contributed by atoms with Gasteiger partial charge in [-0.1, -0.05) is 13.8 Å². The van der Waals surface area contributed by atoms with Crippen LogP contribution in [0.1, 0.15) is 34.1 Å². The summed E-state index contributed by atoms with van der Waals surface area (Å²) < 4.78 is 5.54. The first-order chi connectivity index (χ1) is 9.73. The van der Waals surface area contributed by atoms with Gasteiger partial charge in [-0.25, -0.2) is 0 Å². The third-order valence-corrected chi connectivity index (χ3v) is 3.03. The fraction of sp³-hybridized carbons (Fsp3) is 0.600. The van der Waals surface area contributed by atoms with E-state index in [1.165, 1.54) is 12.1 Å². The van der Waals surface area contributed by atoms with E-state index in [2.05, 4.69) is 5.32 Å². The van der Waals surface area contributed by atoms with Gasteiger partial charge in [-0.2, -0.15) is 0 Å². The van der Waals surface area contributed by atoms with Gasteiger partial charge < -0.3 is 15.2 Å². The highest BCUT2D eigenvalue weighted by molar-refractivity contribution is 5.56. The second kappa shape index (κ2) is 7.26. The summed E-state index contributed by atoms with van der Waals surface area (Å²) in [6.07, 6.45) is 0.607. The van der Waals surface area contributed by atoms with E-state index in [1.807, 2.05) is 27.7 Å². The quantitative estimate of drug-likeness (QED) is 0.568. The van der Waals surface area contributed by atoms with Crippen LogP contribution in [-0.4, -0.2) is 29.3 Å². The van der Waals surface area contributed by atoms with Crippen LogP contribution in [0.25, 0.3) is 0 Å². The molecule has 0 saturated heterocycles. The number of nitrogens with one attached hydrogen (secondary N) is 1.